The summed E-state index contributed by atoms with van der Waals surface area (Å²) in [5.74, 6) is -0.299. The van der Waals surface area contributed by atoms with E-state index in [1.54, 1.807) is 11.0 Å². The summed E-state index contributed by atoms with van der Waals surface area (Å²) in [6, 6.07) is 5.78. The van der Waals surface area contributed by atoms with E-state index >= 15 is 0 Å². The first-order chi connectivity index (χ1) is 11.5. The van der Waals surface area contributed by atoms with Crippen LogP contribution in [0, 0.1) is 0 Å². The smallest absolute Gasteiger partial charge is 0.387 e. The van der Waals surface area contributed by atoms with Gasteiger partial charge in [0.25, 0.3) is 5.91 Å². The van der Waals surface area contributed by atoms with Crippen molar-refractivity contribution in [2.45, 2.75) is 13.5 Å². The lowest BCUT2D eigenvalue weighted by atomic mass is 10.1. The number of carbonyl (C=O) groups is 2. The molecule has 1 fully saturated rings. The van der Waals surface area contributed by atoms with Crippen LogP contribution in [0.2, 0.25) is 0 Å². The van der Waals surface area contributed by atoms with Crippen LogP contribution >= 0.6 is 0 Å². The number of benzene rings is 1. The second kappa shape index (κ2) is 8.58. The molecule has 1 aliphatic heterocycles. The Balaban J connectivity index is 1.89. The fourth-order valence-corrected chi connectivity index (χ4v) is 2.55. The van der Waals surface area contributed by atoms with E-state index in [0.717, 1.165) is 0 Å². The average molecular weight is 341 g/mol. The number of hydrogen-bond donors (Lipinski definition) is 1. The molecule has 24 heavy (non-hydrogen) atoms. The molecular formula is C16H21F2N3O3. The van der Waals surface area contributed by atoms with Gasteiger partial charge in [0.1, 0.15) is 5.75 Å². The molecular weight excluding hydrogens is 320 g/mol. The van der Waals surface area contributed by atoms with Crippen LogP contribution in [-0.4, -0.2) is 67.5 Å². The summed E-state index contributed by atoms with van der Waals surface area (Å²) in [6.07, 6.45) is 0. The van der Waals surface area contributed by atoms with Crippen LogP contribution in [0.4, 0.5) is 8.78 Å². The van der Waals surface area contributed by atoms with Crippen molar-refractivity contribution >= 4 is 11.8 Å². The van der Waals surface area contributed by atoms with Crippen LogP contribution in [-0.2, 0) is 4.79 Å². The third-order valence-corrected chi connectivity index (χ3v) is 3.71. The summed E-state index contributed by atoms with van der Waals surface area (Å²) in [4.78, 5) is 27.6. The maximum atomic E-state index is 12.5. The summed E-state index contributed by atoms with van der Waals surface area (Å²) >= 11 is 0. The van der Waals surface area contributed by atoms with Gasteiger partial charge < -0.3 is 15.0 Å². The summed E-state index contributed by atoms with van der Waals surface area (Å²) < 4.78 is 28.8. The number of nitrogens with zero attached hydrogens (tertiary/aromatic N) is 2. The molecule has 1 aromatic carbocycles. The molecule has 1 N–H and O–H groups in total. The minimum absolute atomic E-state index is 0.0332. The lowest BCUT2D eigenvalue weighted by Gasteiger charge is -2.34. The van der Waals surface area contributed by atoms with Gasteiger partial charge in [-0.1, -0.05) is 6.07 Å². The van der Waals surface area contributed by atoms with Crippen molar-refractivity contribution in [3.8, 4) is 5.75 Å². The van der Waals surface area contributed by atoms with Gasteiger partial charge >= 0.3 is 6.61 Å². The molecule has 0 bridgehead atoms. The number of hydrogen-bond acceptors (Lipinski definition) is 4. The zero-order chi connectivity index (χ0) is 17.5. The predicted molar refractivity (Wildman–Crippen MR) is 84.1 cm³/mol. The van der Waals surface area contributed by atoms with Gasteiger partial charge in [0.05, 0.1) is 6.54 Å². The Labute approximate surface area is 139 Å². The second-order valence-electron chi connectivity index (χ2n) is 5.43. The molecule has 6 nitrogen and oxygen atoms in total. The second-order valence-corrected chi connectivity index (χ2v) is 5.43. The fraction of sp³-hybridized carbons (Fsp3) is 0.500. The van der Waals surface area contributed by atoms with Gasteiger partial charge in [-0.25, -0.2) is 0 Å². The van der Waals surface area contributed by atoms with E-state index in [4.69, 9.17) is 0 Å². The summed E-state index contributed by atoms with van der Waals surface area (Å²) in [7, 11) is 0. The van der Waals surface area contributed by atoms with Gasteiger partial charge in [0.2, 0.25) is 5.91 Å². The Morgan fingerprint density at radius 3 is 2.58 bits per heavy atom. The molecule has 0 radical (unpaired) electrons. The zero-order valence-electron chi connectivity index (χ0n) is 13.5. The Hall–Kier alpha value is -2.22. The number of rotatable bonds is 6. The van der Waals surface area contributed by atoms with Crippen LogP contribution in [0.1, 0.15) is 17.3 Å². The topological polar surface area (TPSA) is 61.9 Å². The first-order valence-electron chi connectivity index (χ1n) is 7.82. The molecule has 0 unspecified atom stereocenters. The lowest BCUT2D eigenvalue weighted by molar-refractivity contribution is -0.122. The Kier molecular flexibility index (Phi) is 6.48. The number of ether oxygens (including phenoxy) is 1. The molecule has 2 amide bonds. The summed E-state index contributed by atoms with van der Waals surface area (Å²) in [6.45, 7) is 2.00. The minimum Gasteiger partial charge on any atom is -0.435 e. The zero-order valence-corrected chi connectivity index (χ0v) is 13.5. The molecule has 1 saturated heterocycles. The molecule has 0 atom stereocenters. The third-order valence-electron chi connectivity index (χ3n) is 3.71. The molecule has 0 aliphatic carbocycles. The molecule has 0 saturated carbocycles. The van der Waals surface area contributed by atoms with E-state index in [2.05, 4.69) is 10.1 Å². The number of piperazine rings is 1. The van der Waals surface area contributed by atoms with E-state index < -0.39 is 6.61 Å². The third kappa shape index (κ3) is 5.16. The number of nitrogens with one attached hydrogen (secondary N) is 1. The highest BCUT2D eigenvalue weighted by Gasteiger charge is 2.23. The van der Waals surface area contributed by atoms with E-state index in [0.29, 0.717) is 44.8 Å². The first kappa shape index (κ1) is 18.1. The van der Waals surface area contributed by atoms with E-state index in [1.807, 2.05) is 11.8 Å². The Morgan fingerprint density at radius 2 is 1.96 bits per heavy atom. The first-order valence-corrected chi connectivity index (χ1v) is 7.82. The number of amides is 2. The number of likely N-dealkylation sites (N-methyl/N-ethyl adjacent to an activating group) is 1. The lowest BCUT2D eigenvalue weighted by Crippen LogP contribution is -2.51. The molecule has 0 aromatic heterocycles. The molecule has 132 valence electrons. The van der Waals surface area contributed by atoms with Crippen molar-refractivity contribution in [3.05, 3.63) is 29.8 Å². The summed E-state index contributed by atoms with van der Waals surface area (Å²) in [5.41, 5.74) is 0.310. The van der Waals surface area contributed by atoms with Crippen LogP contribution in [0.25, 0.3) is 0 Å². The number of halogens is 2. The van der Waals surface area contributed by atoms with Gasteiger partial charge in [-0.15, -0.1) is 0 Å². The number of alkyl halides is 2. The van der Waals surface area contributed by atoms with Gasteiger partial charge in [-0.3, -0.25) is 14.5 Å². The van der Waals surface area contributed by atoms with Crippen molar-refractivity contribution in [3.63, 3.8) is 0 Å². The average Bonchev–Trinajstić information content (AvgIpc) is 2.55. The monoisotopic (exact) mass is 341 g/mol. The van der Waals surface area contributed by atoms with Crippen LogP contribution in [0.5, 0.6) is 5.75 Å². The molecule has 8 heteroatoms. The SMILES string of the molecule is CCNC(=O)CN1CCN(C(=O)c2cccc(OC(F)F)c2)CC1. The van der Waals surface area contributed by atoms with Crippen molar-refractivity contribution in [2.75, 3.05) is 39.3 Å². The largest absolute Gasteiger partial charge is 0.435 e. The van der Waals surface area contributed by atoms with Crippen LogP contribution < -0.4 is 10.1 Å². The standard InChI is InChI=1S/C16H21F2N3O3/c1-2-19-14(22)11-20-6-8-21(9-7-20)15(23)12-4-3-5-13(10-12)24-16(17)18/h3-5,10,16H,2,6-9,11H2,1H3,(H,19,22). The van der Waals surface area contributed by atoms with Gasteiger partial charge in [-0.05, 0) is 25.1 Å². The Bertz CT molecular complexity index is 575. The molecule has 2 rings (SSSR count). The quantitative estimate of drug-likeness (QED) is 0.844. The van der Waals surface area contributed by atoms with Gasteiger partial charge in [0, 0.05) is 38.3 Å². The number of carbonyl (C=O) groups excluding carboxylic acids is 2. The predicted octanol–water partition coefficient (Wildman–Crippen LogP) is 1.18. The van der Waals surface area contributed by atoms with E-state index in [9.17, 15) is 18.4 Å². The van der Waals surface area contributed by atoms with E-state index in [1.165, 1.54) is 18.2 Å². The van der Waals surface area contributed by atoms with Crippen LogP contribution in [0.3, 0.4) is 0 Å². The molecule has 1 aromatic rings. The maximum absolute atomic E-state index is 12.5. The highest BCUT2D eigenvalue weighted by molar-refractivity contribution is 5.94. The minimum atomic E-state index is -2.92. The Morgan fingerprint density at radius 1 is 1.25 bits per heavy atom. The molecule has 0 spiro atoms. The van der Waals surface area contributed by atoms with Crippen molar-refractivity contribution in [1.29, 1.82) is 0 Å². The van der Waals surface area contributed by atoms with Crippen molar-refractivity contribution in [1.82, 2.24) is 15.1 Å². The molecule has 1 heterocycles. The highest BCUT2D eigenvalue weighted by atomic mass is 19.3. The van der Waals surface area contributed by atoms with Crippen LogP contribution in [0.15, 0.2) is 24.3 Å². The van der Waals surface area contributed by atoms with E-state index in [-0.39, 0.29) is 17.6 Å². The van der Waals surface area contributed by atoms with Crippen molar-refractivity contribution in [2.24, 2.45) is 0 Å². The summed E-state index contributed by atoms with van der Waals surface area (Å²) in [5, 5.41) is 2.74. The van der Waals surface area contributed by atoms with Crippen molar-refractivity contribution < 1.29 is 23.1 Å². The van der Waals surface area contributed by atoms with Gasteiger partial charge in [0.15, 0.2) is 0 Å². The maximum Gasteiger partial charge on any atom is 0.387 e. The van der Waals surface area contributed by atoms with Gasteiger partial charge in [-0.2, -0.15) is 8.78 Å². The molecule has 1 aliphatic rings. The fourth-order valence-electron chi connectivity index (χ4n) is 2.55. The normalized spacial score (nSPS) is 15.4. The highest BCUT2D eigenvalue weighted by Crippen LogP contribution is 2.18.